The molecular formula is C25H26ClN3O2S. The van der Waals surface area contributed by atoms with Crippen LogP contribution in [0.15, 0.2) is 65.8 Å². The highest BCUT2D eigenvalue weighted by molar-refractivity contribution is 7.98. The van der Waals surface area contributed by atoms with Crippen molar-refractivity contribution in [2.75, 3.05) is 25.1 Å². The highest BCUT2D eigenvalue weighted by Gasteiger charge is 2.21. The largest absolute Gasteiger partial charge is 0.465 e. The fraction of sp³-hybridized carbons (Fsp3) is 0.320. The van der Waals surface area contributed by atoms with Gasteiger partial charge in [-0.3, -0.25) is 0 Å². The van der Waals surface area contributed by atoms with Crippen LogP contribution in [0, 0.1) is 5.92 Å². The zero-order chi connectivity index (χ0) is 22.3. The van der Waals surface area contributed by atoms with Crippen molar-refractivity contribution in [3.8, 4) is 0 Å². The summed E-state index contributed by atoms with van der Waals surface area (Å²) in [7, 11) is 1.38. The second-order valence-corrected chi connectivity index (χ2v) is 9.26. The molecule has 1 aliphatic heterocycles. The van der Waals surface area contributed by atoms with Crippen molar-refractivity contribution < 1.29 is 9.53 Å². The second-order valence-electron chi connectivity index (χ2n) is 7.93. The minimum absolute atomic E-state index is 0.334. The van der Waals surface area contributed by atoms with Gasteiger partial charge in [0.25, 0.3) is 0 Å². The number of esters is 1. The number of thioether (sulfide) groups is 1. The first-order valence-corrected chi connectivity index (χ1v) is 12.1. The number of ether oxygens (including phenoxy) is 1. The molecule has 0 spiro atoms. The van der Waals surface area contributed by atoms with Crippen LogP contribution in [0.3, 0.4) is 0 Å². The van der Waals surface area contributed by atoms with E-state index < -0.39 is 0 Å². The van der Waals surface area contributed by atoms with E-state index in [1.807, 2.05) is 18.2 Å². The van der Waals surface area contributed by atoms with Crippen molar-refractivity contribution in [1.82, 2.24) is 9.97 Å². The Hall–Kier alpha value is -2.57. The van der Waals surface area contributed by atoms with Gasteiger partial charge in [-0.2, -0.15) is 0 Å². The van der Waals surface area contributed by atoms with E-state index in [4.69, 9.17) is 21.3 Å². The second kappa shape index (κ2) is 10.8. The van der Waals surface area contributed by atoms with Crippen LogP contribution in [0.4, 0.5) is 5.82 Å². The monoisotopic (exact) mass is 467 g/mol. The zero-order valence-corrected chi connectivity index (χ0v) is 19.6. The Morgan fingerprint density at radius 2 is 1.78 bits per heavy atom. The van der Waals surface area contributed by atoms with Crippen molar-refractivity contribution in [2.45, 2.75) is 30.2 Å². The third kappa shape index (κ3) is 6.02. The fourth-order valence-corrected chi connectivity index (χ4v) is 4.97. The third-order valence-corrected chi connectivity index (χ3v) is 6.82. The third-order valence-electron chi connectivity index (χ3n) is 5.71. The number of rotatable bonds is 7. The molecule has 0 amide bonds. The summed E-state index contributed by atoms with van der Waals surface area (Å²) >= 11 is 7.85. The Bertz CT molecular complexity index is 1040. The Morgan fingerprint density at radius 3 is 2.47 bits per heavy atom. The van der Waals surface area contributed by atoms with Crippen LogP contribution in [0.1, 0.15) is 34.3 Å². The number of piperidine rings is 1. The number of halogens is 1. The highest BCUT2D eigenvalue weighted by Crippen LogP contribution is 2.28. The zero-order valence-electron chi connectivity index (χ0n) is 18.0. The van der Waals surface area contributed by atoms with E-state index in [-0.39, 0.29) is 5.97 Å². The SMILES string of the molecule is COC(=O)c1ccc(CSc2nc(Cl)cc(N3CCC(Cc4ccccc4)CC3)n2)cc1. The molecule has 1 aromatic heterocycles. The minimum Gasteiger partial charge on any atom is -0.465 e. The molecule has 1 aliphatic rings. The van der Waals surface area contributed by atoms with Gasteiger partial charge in [-0.05, 0) is 48.4 Å². The Kier molecular flexibility index (Phi) is 7.66. The first-order chi connectivity index (χ1) is 15.6. The quantitative estimate of drug-likeness (QED) is 0.193. The molecule has 0 saturated carbocycles. The van der Waals surface area contributed by atoms with Crippen LogP contribution < -0.4 is 4.90 Å². The summed E-state index contributed by atoms with van der Waals surface area (Å²) < 4.78 is 4.74. The number of carbonyl (C=O) groups is 1. The number of benzene rings is 2. The molecule has 4 rings (SSSR count). The smallest absolute Gasteiger partial charge is 0.337 e. The summed E-state index contributed by atoms with van der Waals surface area (Å²) in [6, 6.07) is 19.9. The van der Waals surface area contributed by atoms with E-state index in [9.17, 15) is 4.79 Å². The molecule has 0 N–H and O–H groups in total. The molecule has 32 heavy (non-hydrogen) atoms. The summed E-state index contributed by atoms with van der Waals surface area (Å²) in [6.45, 7) is 1.95. The molecule has 3 aromatic rings. The van der Waals surface area contributed by atoms with Gasteiger partial charge in [-0.25, -0.2) is 14.8 Å². The van der Waals surface area contributed by atoms with Gasteiger partial charge >= 0.3 is 5.97 Å². The van der Waals surface area contributed by atoms with Crippen molar-refractivity contribution >= 4 is 35.1 Å². The van der Waals surface area contributed by atoms with Gasteiger partial charge < -0.3 is 9.64 Å². The molecule has 0 bridgehead atoms. The molecule has 0 radical (unpaired) electrons. The minimum atomic E-state index is -0.334. The van der Waals surface area contributed by atoms with Crippen molar-refractivity contribution in [3.63, 3.8) is 0 Å². The Labute approximate surface area is 198 Å². The predicted octanol–water partition coefficient (Wildman–Crippen LogP) is 5.67. The summed E-state index contributed by atoms with van der Waals surface area (Å²) in [5.74, 6) is 1.96. The van der Waals surface area contributed by atoms with Gasteiger partial charge in [0.05, 0.1) is 12.7 Å². The Morgan fingerprint density at radius 1 is 1.06 bits per heavy atom. The Balaban J connectivity index is 1.34. The molecule has 2 heterocycles. The fourth-order valence-electron chi connectivity index (χ4n) is 3.93. The molecule has 0 aliphatic carbocycles. The van der Waals surface area contributed by atoms with Gasteiger partial charge in [-0.15, -0.1) is 0 Å². The molecule has 0 atom stereocenters. The maximum absolute atomic E-state index is 11.6. The van der Waals surface area contributed by atoms with Crippen LogP contribution >= 0.6 is 23.4 Å². The summed E-state index contributed by atoms with van der Waals surface area (Å²) in [6.07, 6.45) is 3.42. The van der Waals surface area contributed by atoms with Gasteiger partial charge in [0.2, 0.25) is 0 Å². The van der Waals surface area contributed by atoms with Gasteiger partial charge in [0, 0.05) is 24.9 Å². The topological polar surface area (TPSA) is 55.3 Å². The standard InChI is InChI=1S/C25H26ClN3O2S/c1-31-24(30)21-9-7-20(8-10-21)17-32-25-27-22(26)16-23(28-25)29-13-11-19(12-14-29)15-18-5-3-2-4-6-18/h2-10,16,19H,11-15,17H2,1H3. The lowest BCUT2D eigenvalue weighted by Gasteiger charge is -2.33. The maximum Gasteiger partial charge on any atom is 0.337 e. The molecular weight excluding hydrogens is 442 g/mol. The number of nitrogens with zero attached hydrogens (tertiary/aromatic N) is 3. The summed E-state index contributed by atoms with van der Waals surface area (Å²) in [4.78, 5) is 23.0. The number of hydrogen-bond donors (Lipinski definition) is 0. The summed E-state index contributed by atoms with van der Waals surface area (Å²) in [5.41, 5.74) is 3.03. The van der Waals surface area contributed by atoms with Gasteiger partial charge in [-0.1, -0.05) is 65.8 Å². The number of methoxy groups -OCH3 is 1. The van der Waals surface area contributed by atoms with E-state index in [1.165, 1.54) is 24.4 Å². The number of hydrogen-bond acceptors (Lipinski definition) is 6. The summed E-state index contributed by atoms with van der Waals surface area (Å²) in [5, 5.41) is 1.13. The molecule has 2 aromatic carbocycles. The lowest BCUT2D eigenvalue weighted by molar-refractivity contribution is 0.0600. The van der Waals surface area contributed by atoms with E-state index in [2.05, 4.69) is 40.2 Å². The van der Waals surface area contributed by atoms with Gasteiger partial charge in [0.1, 0.15) is 11.0 Å². The van der Waals surface area contributed by atoms with E-state index >= 15 is 0 Å². The van der Waals surface area contributed by atoms with Crippen LogP contribution in [0.2, 0.25) is 5.15 Å². The number of aromatic nitrogens is 2. The molecule has 7 heteroatoms. The van der Waals surface area contributed by atoms with E-state index in [0.717, 1.165) is 43.7 Å². The molecule has 1 saturated heterocycles. The number of anilines is 1. The average molecular weight is 468 g/mol. The van der Waals surface area contributed by atoms with Crippen molar-refractivity contribution in [3.05, 3.63) is 82.5 Å². The first-order valence-electron chi connectivity index (χ1n) is 10.7. The highest BCUT2D eigenvalue weighted by atomic mass is 35.5. The predicted molar refractivity (Wildman–Crippen MR) is 129 cm³/mol. The first kappa shape index (κ1) is 22.6. The molecule has 5 nitrogen and oxygen atoms in total. The van der Waals surface area contributed by atoms with E-state index in [0.29, 0.717) is 27.5 Å². The molecule has 1 fully saturated rings. The lowest BCUT2D eigenvalue weighted by atomic mass is 9.90. The van der Waals surface area contributed by atoms with Crippen LogP contribution in [-0.4, -0.2) is 36.1 Å². The van der Waals surface area contributed by atoms with Crippen LogP contribution in [-0.2, 0) is 16.9 Å². The van der Waals surface area contributed by atoms with Gasteiger partial charge in [0.15, 0.2) is 5.16 Å². The molecule has 0 unspecified atom stereocenters. The lowest BCUT2D eigenvalue weighted by Crippen LogP contribution is -2.35. The van der Waals surface area contributed by atoms with E-state index in [1.54, 1.807) is 12.1 Å². The van der Waals surface area contributed by atoms with Crippen molar-refractivity contribution in [1.29, 1.82) is 0 Å². The number of carbonyl (C=O) groups excluding carboxylic acids is 1. The van der Waals surface area contributed by atoms with Crippen LogP contribution in [0.25, 0.3) is 0 Å². The van der Waals surface area contributed by atoms with Crippen molar-refractivity contribution in [2.24, 2.45) is 5.92 Å². The average Bonchev–Trinajstić information content (AvgIpc) is 2.83. The maximum atomic E-state index is 11.6. The van der Waals surface area contributed by atoms with Crippen LogP contribution in [0.5, 0.6) is 0 Å². The molecule has 166 valence electrons. The normalized spacial score (nSPS) is 14.4.